The maximum atomic E-state index is 10.7. The number of carbonyl (C=O) groups is 1. The lowest BCUT2D eigenvalue weighted by Crippen LogP contribution is -1.99. The average molecular weight is 241 g/mol. The summed E-state index contributed by atoms with van der Waals surface area (Å²) < 4.78 is 0. The van der Waals surface area contributed by atoms with Crippen LogP contribution in [0.1, 0.15) is 13.0 Å². The predicted octanol–water partition coefficient (Wildman–Crippen LogP) is 3.58. The molecule has 92 valence electrons. The molecular weight excluding hydrogens is 226 g/mol. The molecule has 0 saturated carbocycles. The largest absolute Gasteiger partial charge is 0.481 e. The number of aliphatic carboxylic acids is 1. The lowest BCUT2D eigenvalue weighted by atomic mass is 10.1. The lowest BCUT2D eigenvalue weighted by Gasteiger charge is -1.97. The minimum Gasteiger partial charge on any atom is -0.481 e. The van der Waals surface area contributed by atoms with Crippen LogP contribution in [0.2, 0.25) is 0 Å². The van der Waals surface area contributed by atoms with Crippen LogP contribution >= 0.6 is 0 Å². The zero-order valence-electron chi connectivity index (χ0n) is 9.10. The van der Waals surface area contributed by atoms with Gasteiger partial charge in [-0.1, -0.05) is 37.8 Å². The molecule has 0 aliphatic rings. The third kappa shape index (κ3) is 1.95. The Hall–Kier alpha value is -2.29. The van der Waals surface area contributed by atoms with Gasteiger partial charge in [0, 0.05) is 21.8 Å². The van der Waals surface area contributed by atoms with Crippen molar-refractivity contribution in [3.63, 3.8) is 0 Å². The van der Waals surface area contributed by atoms with Gasteiger partial charge in [-0.05, 0) is 17.7 Å². The van der Waals surface area contributed by atoms with Crippen LogP contribution in [0.5, 0.6) is 0 Å². The van der Waals surface area contributed by atoms with Crippen molar-refractivity contribution in [1.82, 2.24) is 4.98 Å². The first-order valence-corrected chi connectivity index (χ1v) is 5.45. The first kappa shape index (κ1) is 12.2. The van der Waals surface area contributed by atoms with Gasteiger partial charge >= 0.3 is 5.97 Å². The Morgan fingerprint density at radius 2 is 1.78 bits per heavy atom. The maximum absolute atomic E-state index is 10.7. The van der Waals surface area contributed by atoms with Crippen LogP contribution < -0.4 is 0 Å². The van der Waals surface area contributed by atoms with Crippen molar-refractivity contribution >= 4 is 27.8 Å². The highest BCUT2D eigenvalue weighted by Gasteiger charge is 2.06. The molecule has 0 atom stereocenters. The van der Waals surface area contributed by atoms with Crippen molar-refractivity contribution in [3.8, 4) is 0 Å². The first-order valence-electron chi connectivity index (χ1n) is 5.45. The smallest absolute Gasteiger partial charge is 0.307 e. The molecule has 0 saturated heterocycles. The van der Waals surface area contributed by atoms with Gasteiger partial charge in [0.25, 0.3) is 0 Å². The Labute approximate surface area is 105 Å². The molecule has 0 amide bonds. The zero-order chi connectivity index (χ0) is 11.8. The number of aromatic nitrogens is 1. The van der Waals surface area contributed by atoms with E-state index >= 15 is 0 Å². The van der Waals surface area contributed by atoms with Gasteiger partial charge in [0.1, 0.15) is 0 Å². The fraction of sp³-hybridized carbons (Fsp3) is 0.133. The van der Waals surface area contributed by atoms with Crippen molar-refractivity contribution in [2.24, 2.45) is 0 Å². The highest BCUT2D eigenvalue weighted by Crippen LogP contribution is 2.25. The molecule has 0 radical (unpaired) electrons. The summed E-state index contributed by atoms with van der Waals surface area (Å²) in [7, 11) is 0. The Kier molecular flexibility index (Phi) is 3.06. The molecule has 0 fully saturated rings. The minimum absolute atomic E-state index is 0. The highest BCUT2D eigenvalue weighted by molar-refractivity contribution is 6.07. The fourth-order valence-electron chi connectivity index (χ4n) is 2.19. The van der Waals surface area contributed by atoms with E-state index in [0.717, 1.165) is 22.0 Å². The number of carboxylic acids is 1. The number of fused-ring (bicyclic) bond motifs is 3. The molecule has 2 aromatic carbocycles. The molecule has 18 heavy (non-hydrogen) atoms. The third-order valence-corrected chi connectivity index (χ3v) is 2.93. The van der Waals surface area contributed by atoms with Gasteiger partial charge in [0.15, 0.2) is 0 Å². The summed E-state index contributed by atoms with van der Waals surface area (Å²) in [6.07, 6.45) is 0.0608. The summed E-state index contributed by atoms with van der Waals surface area (Å²) in [4.78, 5) is 14.0. The molecule has 0 unspecified atom stereocenters. The van der Waals surface area contributed by atoms with Gasteiger partial charge in [-0.25, -0.2) is 0 Å². The summed E-state index contributed by atoms with van der Waals surface area (Å²) in [5, 5.41) is 11.1. The van der Waals surface area contributed by atoms with Crippen LogP contribution in [-0.4, -0.2) is 16.1 Å². The fourth-order valence-corrected chi connectivity index (χ4v) is 2.19. The molecule has 1 heterocycles. The van der Waals surface area contributed by atoms with E-state index in [9.17, 15) is 4.79 Å². The van der Waals surface area contributed by atoms with Crippen LogP contribution in [0.25, 0.3) is 21.8 Å². The van der Waals surface area contributed by atoms with Crippen LogP contribution in [0.4, 0.5) is 0 Å². The van der Waals surface area contributed by atoms with Crippen molar-refractivity contribution in [1.29, 1.82) is 0 Å². The molecule has 3 aromatic rings. The summed E-state index contributed by atoms with van der Waals surface area (Å²) in [6, 6.07) is 13.8. The van der Waals surface area contributed by atoms with Crippen LogP contribution in [-0.2, 0) is 11.2 Å². The van der Waals surface area contributed by atoms with Gasteiger partial charge in [0.2, 0.25) is 0 Å². The van der Waals surface area contributed by atoms with Crippen LogP contribution in [0.15, 0.2) is 42.5 Å². The minimum atomic E-state index is -0.805. The van der Waals surface area contributed by atoms with Gasteiger partial charge in [-0.2, -0.15) is 0 Å². The molecule has 3 rings (SSSR count). The summed E-state index contributed by atoms with van der Waals surface area (Å²) in [6.45, 7) is 0. The number of para-hydroxylation sites is 1. The van der Waals surface area contributed by atoms with Gasteiger partial charge < -0.3 is 10.1 Å². The molecule has 0 bridgehead atoms. The van der Waals surface area contributed by atoms with Gasteiger partial charge in [0.05, 0.1) is 6.42 Å². The van der Waals surface area contributed by atoms with Crippen LogP contribution in [0.3, 0.4) is 0 Å². The number of rotatable bonds is 2. The highest BCUT2D eigenvalue weighted by atomic mass is 16.4. The first-order chi connectivity index (χ1) is 8.24. The molecule has 3 nitrogen and oxygen atoms in total. The topological polar surface area (TPSA) is 53.1 Å². The Morgan fingerprint density at radius 1 is 1.06 bits per heavy atom. The summed E-state index contributed by atoms with van der Waals surface area (Å²) in [5.74, 6) is -0.805. The Morgan fingerprint density at radius 3 is 2.56 bits per heavy atom. The van der Waals surface area contributed by atoms with E-state index < -0.39 is 5.97 Å². The molecule has 2 N–H and O–H groups in total. The lowest BCUT2D eigenvalue weighted by molar-refractivity contribution is -0.136. The van der Waals surface area contributed by atoms with Crippen molar-refractivity contribution < 1.29 is 9.90 Å². The van der Waals surface area contributed by atoms with E-state index in [-0.39, 0.29) is 13.8 Å². The van der Waals surface area contributed by atoms with E-state index in [1.165, 1.54) is 5.39 Å². The predicted molar refractivity (Wildman–Crippen MR) is 73.9 cm³/mol. The van der Waals surface area contributed by atoms with Gasteiger partial charge in [-0.3, -0.25) is 4.79 Å². The van der Waals surface area contributed by atoms with E-state index in [0.29, 0.717) is 0 Å². The van der Waals surface area contributed by atoms with Crippen molar-refractivity contribution in [3.05, 3.63) is 48.0 Å². The number of carboxylic acid groups (broad SMARTS) is 1. The molecule has 0 aliphatic carbocycles. The SMILES string of the molecule is C.O=C(O)Cc1ccc2c(c1)[nH]c1ccccc12. The van der Waals surface area contributed by atoms with E-state index in [1.54, 1.807) is 0 Å². The second-order valence-electron chi connectivity index (χ2n) is 4.12. The molecule has 0 spiro atoms. The summed E-state index contributed by atoms with van der Waals surface area (Å²) in [5.41, 5.74) is 2.89. The summed E-state index contributed by atoms with van der Waals surface area (Å²) >= 11 is 0. The van der Waals surface area contributed by atoms with E-state index in [2.05, 4.69) is 11.1 Å². The van der Waals surface area contributed by atoms with Gasteiger partial charge in [-0.15, -0.1) is 0 Å². The number of aromatic amines is 1. The normalized spacial score (nSPS) is 10.4. The van der Waals surface area contributed by atoms with Crippen molar-refractivity contribution in [2.45, 2.75) is 13.8 Å². The van der Waals surface area contributed by atoms with Crippen molar-refractivity contribution in [2.75, 3.05) is 0 Å². The second-order valence-corrected chi connectivity index (χ2v) is 4.12. The Balaban J connectivity index is 0.00000120. The zero-order valence-corrected chi connectivity index (χ0v) is 9.10. The number of nitrogens with one attached hydrogen (secondary N) is 1. The molecule has 0 aliphatic heterocycles. The number of hydrogen-bond donors (Lipinski definition) is 2. The quantitative estimate of drug-likeness (QED) is 0.720. The standard InChI is InChI=1S/C14H11NO2.CH4/c16-14(17)8-9-5-6-11-10-3-1-2-4-12(10)15-13(11)7-9;/h1-7,15H,8H2,(H,16,17);1H4. The number of hydrogen-bond acceptors (Lipinski definition) is 1. The monoisotopic (exact) mass is 241 g/mol. The number of benzene rings is 2. The Bertz CT molecular complexity index is 713. The maximum Gasteiger partial charge on any atom is 0.307 e. The third-order valence-electron chi connectivity index (χ3n) is 2.93. The average Bonchev–Trinajstić information content (AvgIpc) is 2.65. The van der Waals surface area contributed by atoms with E-state index in [1.807, 2.05) is 36.4 Å². The van der Waals surface area contributed by atoms with Crippen LogP contribution in [0, 0.1) is 0 Å². The second kappa shape index (κ2) is 4.53. The molecule has 1 aromatic heterocycles. The molecule has 3 heteroatoms. The number of H-pyrrole nitrogens is 1. The van der Waals surface area contributed by atoms with E-state index in [4.69, 9.17) is 5.11 Å². The molecular formula is C15H15NO2.